The molecule has 9 nitrogen and oxygen atoms in total. The van der Waals surface area contributed by atoms with E-state index < -0.39 is 22.0 Å². The van der Waals surface area contributed by atoms with E-state index in [1.165, 1.54) is 16.4 Å². The number of carbonyl (C=O) groups is 1. The van der Waals surface area contributed by atoms with Crippen LogP contribution in [0.25, 0.3) is 0 Å². The fourth-order valence-corrected chi connectivity index (χ4v) is 5.93. The third kappa shape index (κ3) is 6.67. The number of aromatic nitrogens is 1. The minimum atomic E-state index is -4.10. The smallest absolute Gasteiger partial charge is 0.262 e. The van der Waals surface area contributed by atoms with Crippen LogP contribution in [0, 0.1) is 5.92 Å². The average molecular weight is 514 g/mol. The molecular formula is C23H32ClN3O6S. The zero-order valence-corrected chi connectivity index (χ0v) is 20.9. The first-order chi connectivity index (χ1) is 15.9. The lowest BCUT2D eigenvalue weighted by Crippen LogP contribution is -2.53. The Hall–Kier alpha value is -2.24. The molecule has 3 rings (SSSR count). The number of hydroxylamine groups is 1. The maximum atomic E-state index is 13.8. The molecule has 1 aromatic carbocycles. The number of halogens is 1. The molecule has 1 fully saturated rings. The van der Waals surface area contributed by atoms with Crippen molar-refractivity contribution in [3.8, 4) is 5.75 Å². The molecule has 1 amide bonds. The first-order valence-corrected chi connectivity index (χ1v) is 12.4. The van der Waals surface area contributed by atoms with E-state index >= 15 is 0 Å². The van der Waals surface area contributed by atoms with Crippen molar-refractivity contribution in [2.75, 3.05) is 13.7 Å². The zero-order valence-electron chi connectivity index (χ0n) is 19.3. The van der Waals surface area contributed by atoms with Gasteiger partial charge in [0.2, 0.25) is 10.0 Å². The molecule has 2 aromatic rings. The lowest BCUT2D eigenvalue weighted by atomic mass is 9.82. The Balaban J connectivity index is 0.00000408. The highest BCUT2D eigenvalue weighted by Crippen LogP contribution is 2.34. The summed E-state index contributed by atoms with van der Waals surface area (Å²) in [6.45, 7) is 2.26. The van der Waals surface area contributed by atoms with Crippen LogP contribution < -0.4 is 10.2 Å². The van der Waals surface area contributed by atoms with Crippen LogP contribution >= 0.6 is 12.4 Å². The van der Waals surface area contributed by atoms with Gasteiger partial charge in [0.05, 0.1) is 17.6 Å². The van der Waals surface area contributed by atoms with Gasteiger partial charge in [-0.15, -0.1) is 12.4 Å². The van der Waals surface area contributed by atoms with E-state index in [0.29, 0.717) is 43.6 Å². The van der Waals surface area contributed by atoms with Crippen molar-refractivity contribution >= 4 is 28.3 Å². The summed E-state index contributed by atoms with van der Waals surface area (Å²) in [5.74, 6) is -0.470. The molecule has 1 aromatic heterocycles. The van der Waals surface area contributed by atoms with Gasteiger partial charge in [-0.25, -0.2) is 13.9 Å². The van der Waals surface area contributed by atoms with Gasteiger partial charge in [-0.3, -0.25) is 15.0 Å². The number of carbonyl (C=O) groups excluding carboxylic acids is 1. The molecule has 188 valence electrons. The first kappa shape index (κ1) is 28.0. The van der Waals surface area contributed by atoms with Crippen LogP contribution in [-0.2, 0) is 26.1 Å². The number of nitrogens with zero attached hydrogens (tertiary/aromatic N) is 2. The van der Waals surface area contributed by atoms with E-state index in [0.717, 1.165) is 0 Å². The summed E-state index contributed by atoms with van der Waals surface area (Å²) in [5.41, 5.74) is 2.38. The Morgan fingerprint density at radius 1 is 1.15 bits per heavy atom. The van der Waals surface area contributed by atoms with E-state index in [-0.39, 0.29) is 35.9 Å². The summed E-state index contributed by atoms with van der Waals surface area (Å²) in [4.78, 5) is 16.9. The van der Waals surface area contributed by atoms with Crippen molar-refractivity contribution in [3.05, 3.63) is 54.4 Å². The van der Waals surface area contributed by atoms with E-state index in [2.05, 4.69) is 4.98 Å². The summed E-state index contributed by atoms with van der Waals surface area (Å²) in [7, 11) is -2.45. The van der Waals surface area contributed by atoms with Crippen molar-refractivity contribution in [1.82, 2.24) is 14.8 Å². The summed E-state index contributed by atoms with van der Waals surface area (Å²) in [5, 5.41) is 9.51. The van der Waals surface area contributed by atoms with Gasteiger partial charge in [-0.2, -0.15) is 4.31 Å². The van der Waals surface area contributed by atoms with E-state index in [4.69, 9.17) is 9.47 Å². The van der Waals surface area contributed by atoms with Gasteiger partial charge < -0.3 is 9.47 Å². The van der Waals surface area contributed by atoms with E-state index in [1.54, 1.807) is 49.2 Å². The molecular weight excluding hydrogens is 482 g/mol. The molecule has 0 aliphatic heterocycles. The normalized spacial score (nSPS) is 19.2. The molecule has 1 aliphatic carbocycles. The Bertz CT molecular complexity index is 999. The standard InChI is InChI=1S/C23H31N3O6S.ClH/c1-3-32-20-8-10-21(11-9-20)33(29,30)26(16-17-12-14-24-15-13-17)22(23(27)25-28)18-4-6-19(31-2)7-5-18;/h8-15,18-19,22,28H,3-7,16H2,1-2H3,(H,25,27);1H/t18-,19-,22-;/m1./s1. The number of nitrogens with one attached hydrogen (secondary N) is 1. The predicted molar refractivity (Wildman–Crippen MR) is 128 cm³/mol. The number of amides is 1. The number of hydrogen-bond donors (Lipinski definition) is 2. The van der Waals surface area contributed by atoms with Gasteiger partial charge in [-0.1, -0.05) is 0 Å². The lowest BCUT2D eigenvalue weighted by molar-refractivity contribution is -0.136. The summed E-state index contributed by atoms with van der Waals surface area (Å²) in [6.07, 6.45) is 5.84. The molecule has 11 heteroatoms. The number of pyridine rings is 1. The van der Waals surface area contributed by atoms with Crippen LogP contribution in [0.15, 0.2) is 53.7 Å². The number of rotatable bonds is 10. The number of benzene rings is 1. The monoisotopic (exact) mass is 513 g/mol. The second kappa shape index (κ2) is 13.0. The summed E-state index contributed by atoms with van der Waals surface area (Å²) in [6, 6.07) is 8.44. The quantitative estimate of drug-likeness (QED) is 0.370. The van der Waals surface area contributed by atoms with Gasteiger partial charge in [0, 0.05) is 26.0 Å². The molecule has 2 N–H and O–H groups in total. The van der Waals surface area contributed by atoms with Crippen LogP contribution in [0.1, 0.15) is 38.2 Å². The van der Waals surface area contributed by atoms with Crippen molar-refractivity contribution < 1.29 is 27.9 Å². The topological polar surface area (TPSA) is 118 Å². The molecule has 0 radical (unpaired) electrons. The maximum Gasteiger partial charge on any atom is 0.262 e. The molecule has 0 bridgehead atoms. The molecule has 0 spiro atoms. The van der Waals surface area contributed by atoms with Crippen LogP contribution in [-0.4, -0.2) is 54.7 Å². The predicted octanol–water partition coefficient (Wildman–Crippen LogP) is 3.17. The van der Waals surface area contributed by atoms with Gasteiger partial charge >= 0.3 is 0 Å². The van der Waals surface area contributed by atoms with Crippen molar-refractivity contribution in [1.29, 1.82) is 0 Å². The minimum absolute atomic E-state index is 0. The fraction of sp³-hybridized carbons (Fsp3) is 0.478. The molecule has 1 saturated carbocycles. The van der Waals surface area contributed by atoms with Crippen LogP contribution in [0.4, 0.5) is 0 Å². The number of sulfonamides is 1. The zero-order chi connectivity index (χ0) is 23.8. The maximum absolute atomic E-state index is 13.8. The number of ether oxygens (including phenoxy) is 2. The second-order valence-electron chi connectivity index (χ2n) is 8.00. The molecule has 0 saturated heterocycles. The SMILES string of the molecule is CCOc1ccc(S(=O)(=O)N(Cc2ccncc2)[C@@H](C(=O)NO)[C@H]2CC[C@H](OC)CC2)cc1.Cl. The van der Waals surface area contributed by atoms with Crippen molar-refractivity contribution in [2.45, 2.75) is 56.2 Å². The molecule has 1 aliphatic rings. The highest BCUT2D eigenvalue weighted by Gasteiger charge is 2.42. The van der Waals surface area contributed by atoms with Gasteiger partial charge in [0.25, 0.3) is 5.91 Å². The van der Waals surface area contributed by atoms with Crippen LogP contribution in [0.2, 0.25) is 0 Å². The van der Waals surface area contributed by atoms with E-state index in [9.17, 15) is 18.4 Å². The van der Waals surface area contributed by atoms with Crippen LogP contribution in [0.3, 0.4) is 0 Å². The highest BCUT2D eigenvalue weighted by atomic mass is 35.5. The average Bonchev–Trinajstić information content (AvgIpc) is 2.85. The van der Waals surface area contributed by atoms with Gasteiger partial charge in [-0.05, 0) is 80.5 Å². The molecule has 34 heavy (non-hydrogen) atoms. The minimum Gasteiger partial charge on any atom is -0.494 e. The van der Waals surface area contributed by atoms with Gasteiger partial charge in [0.15, 0.2) is 0 Å². The van der Waals surface area contributed by atoms with Crippen molar-refractivity contribution in [2.24, 2.45) is 5.92 Å². The molecule has 0 unspecified atom stereocenters. The first-order valence-electron chi connectivity index (χ1n) is 11.0. The Morgan fingerprint density at radius 2 is 1.76 bits per heavy atom. The number of hydrogen-bond acceptors (Lipinski definition) is 7. The Morgan fingerprint density at radius 3 is 2.29 bits per heavy atom. The number of methoxy groups -OCH3 is 1. The summed E-state index contributed by atoms with van der Waals surface area (Å²) < 4.78 is 39.7. The fourth-order valence-electron chi connectivity index (χ4n) is 4.30. The highest BCUT2D eigenvalue weighted by molar-refractivity contribution is 7.89. The summed E-state index contributed by atoms with van der Waals surface area (Å²) >= 11 is 0. The lowest BCUT2D eigenvalue weighted by Gasteiger charge is -2.38. The second-order valence-corrected chi connectivity index (χ2v) is 9.89. The Kier molecular flexibility index (Phi) is 10.7. The van der Waals surface area contributed by atoms with Crippen molar-refractivity contribution in [3.63, 3.8) is 0 Å². The third-order valence-electron chi connectivity index (χ3n) is 6.02. The van der Waals surface area contributed by atoms with Gasteiger partial charge in [0.1, 0.15) is 11.8 Å². The third-order valence-corrected chi connectivity index (χ3v) is 7.86. The van der Waals surface area contributed by atoms with Crippen LogP contribution in [0.5, 0.6) is 5.75 Å². The Labute approximate surface area is 206 Å². The molecule has 1 heterocycles. The molecule has 1 atom stereocenters. The largest absolute Gasteiger partial charge is 0.494 e. The van der Waals surface area contributed by atoms with E-state index in [1.807, 2.05) is 6.92 Å².